The van der Waals surface area contributed by atoms with Crippen molar-refractivity contribution in [2.45, 2.75) is 13.0 Å². The van der Waals surface area contributed by atoms with E-state index in [2.05, 4.69) is 4.90 Å². The van der Waals surface area contributed by atoms with Gasteiger partial charge in [-0.15, -0.1) is 0 Å². The second-order valence-corrected chi connectivity index (χ2v) is 8.54. The van der Waals surface area contributed by atoms with Crippen LogP contribution in [0.3, 0.4) is 0 Å². The lowest BCUT2D eigenvalue weighted by Gasteiger charge is -2.19. The van der Waals surface area contributed by atoms with Crippen molar-refractivity contribution in [3.8, 4) is 17.0 Å². The minimum absolute atomic E-state index is 0.0430. The average molecular weight is 420 g/mol. The zero-order valence-electron chi connectivity index (χ0n) is 18.6. The number of hydrogen-bond donors (Lipinski definition) is 0. The molecule has 0 amide bonds. The van der Waals surface area contributed by atoms with Crippen LogP contribution in [0.25, 0.3) is 22.0 Å². The molecule has 0 spiro atoms. The van der Waals surface area contributed by atoms with Crippen LogP contribution in [-0.4, -0.2) is 68.0 Å². The first kappa shape index (κ1) is 21.3. The summed E-state index contributed by atoms with van der Waals surface area (Å²) in [6, 6.07) is 13.0. The highest BCUT2D eigenvalue weighted by Crippen LogP contribution is 2.44. The molecule has 0 fully saturated rings. The van der Waals surface area contributed by atoms with Crippen molar-refractivity contribution in [1.29, 1.82) is 0 Å². The molecule has 4 rings (SSSR count). The summed E-state index contributed by atoms with van der Waals surface area (Å²) in [6.07, 6.45) is 0.878. The first-order valence-electron chi connectivity index (χ1n) is 10.7. The number of ketones is 1. The standard InChI is InChI=1S/C25H29N3O3/c1-26(2)13-8-16-31-20-12-7-11-19-21(20)23-22(24(19)29)17-9-5-6-10-18(17)25(30)28(23)15-14-27(3)4/h5-7,9-12H,8,13-16H2,1-4H3. The molecule has 1 aliphatic carbocycles. The van der Waals surface area contributed by atoms with E-state index in [0.29, 0.717) is 53.0 Å². The molecule has 3 aromatic rings. The Bertz CT molecular complexity index is 1190. The zero-order valence-corrected chi connectivity index (χ0v) is 18.6. The van der Waals surface area contributed by atoms with Gasteiger partial charge in [-0.05, 0) is 46.7 Å². The van der Waals surface area contributed by atoms with Crippen LogP contribution >= 0.6 is 0 Å². The minimum atomic E-state index is -0.0701. The van der Waals surface area contributed by atoms with Crippen LogP contribution < -0.4 is 10.3 Å². The van der Waals surface area contributed by atoms with E-state index >= 15 is 0 Å². The summed E-state index contributed by atoms with van der Waals surface area (Å²) >= 11 is 0. The van der Waals surface area contributed by atoms with Gasteiger partial charge in [-0.3, -0.25) is 9.59 Å². The lowest BCUT2D eigenvalue weighted by Crippen LogP contribution is -2.28. The normalized spacial score (nSPS) is 12.6. The molecule has 0 aliphatic heterocycles. The van der Waals surface area contributed by atoms with Crippen molar-refractivity contribution in [2.24, 2.45) is 0 Å². The van der Waals surface area contributed by atoms with E-state index < -0.39 is 0 Å². The first-order chi connectivity index (χ1) is 14.9. The van der Waals surface area contributed by atoms with Gasteiger partial charge in [-0.25, -0.2) is 0 Å². The van der Waals surface area contributed by atoms with Crippen molar-refractivity contribution >= 4 is 16.6 Å². The van der Waals surface area contributed by atoms with Crippen LogP contribution in [0.1, 0.15) is 22.3 Å². The molecule has 1 heterocycles. The summed E-state index contributed by atoms with van der Waals surface area (Å²) < 4.78 is 7.89. The number of rotatable bonds is 8. The Morgan fingerprint density at radius 2 is 1.55 bits per heavy atom. The van der Waals surface area contributed by atoms with E-state index in [0.717, 1.165) is 18.5 Å². The van der Waals surface area contributed by atoms with E-state index in [9.17, 15) is 9.59 Å². The van der Waals surface area contributed by atoms with Crippen LogP contribution in [0.5, 0.6) is 5.75 Å². The predicted molar refractivity (Wildman–Crippen MR) is 124 cm³/mol. The molecule has 0 bridgehead atoms. The van der Waals surface area contributed by atoms with Gasteiger partial charge in [0.25, 0.3) is 5.56 Å². The van der Waals surface area contributed by atoms with E-state index in [-0.39, 0.29) is 11.3 Å². The molecular formula is C25H29N3O3. The van der Waals surface area contributed by atoms with Gasteiger partial charge in [0.1, 0.15) is 5.75 Å². The van der Waals surface area contributed by atoms with E-state index in [1.807, 2.05) is 69.5 Å². The van der Waals surface area contributed by atoms with Crippen LogP contribution in [0.2, 0.25) is 0 Å². The molecule has 2 aromatic carbocycles. The van der Waals surface area contributed by atoms with E-state index in [4.69, 9.17) is 4.74 Å². The summed E-state index contributed by atoms with van der Waals surface area (Å²) in [5, 5.41) is 1.29. The molecule has 0 atom stereocenters. The Balaban J connectivity index is 1.89. The number of ether oxygens (including phenoxy) is 1. The number of fused-ring (bicyclic) bond motifs is 5. The van der Waals surface area contributed by atoms with Crippen LogP contribution in [-0.2, 0) is 6.54 Å². The summed E-state index contributed by atoms with van der Waals surface area (Å²) in [5.41, 5.74) is 2.57. The van der Waals surface area contributed by atoms with Crippen molar-refractivity contribution in [3.63, 3.8) is 0 Å². The van der Waals surface area contributed by atoms with Gasteiger partial charge in [0.15, 0.2) is 5.78 Å². The number of carbonyl (C=O) groups excluding carboxylic acids is 1. The van der Waals surface area contributed by atoms with Gasteiger partial charge in [0.05, 0.1) is 23.4 Å². The smallest absolute Gasteiger partial charge is 0.258 e. The molecule has 0 unspecified atom stereocenters. The SMILES string of the molecule is CN(C)CCCOc1cccc2c1-c1c(c3ccccc3c(=O)n1CCN(C)C)C2=O. The molecule has 162 valence electrons. The number of pyridine rings is 1. The molecule has 6 heteroatoms. The number of aromatic nitrogens is 1. The Labute approximate surface area is 182 Å². The Morgan fingerprint density at radius 1 is 0.839 bits per heavy atom. The van der Waals surface area contributed by atoms with Crippen LogP contribution in [0.4, 0.5) is 0 Å². The van der Waals surface area contributed by atoms with Gasteiger partial charge in [-0.2, -0.15) is 0 Å². The van der Waals surface area contributed by atoms with Gasteiger partial charge >= 0.3 is 0 Å². The monoisotopic (exact) mass is 419 g/mol. The van der Waals surface area contributed by atoms with Crippen LogP contribution in [0, 0.1) is 0 Å². The van der Waals surface area contributed by atoms with Crippen LogP contribution in [0.15, 0.2) is 47.3 Å². The summed E-state index contributed by atoms with van der Waals surface area (Å²) in [5.74, 6) is 0.621. The molecule has 1 aliphatic rings. The number of likely N-dealkylation sites (N-methyl/N-ethyl adjacent to an activating group) is 1. The minimum Gasteiger partial charge on any atom is -0.493 e. The topological polar surface area (TPSA) is 54.8 Å². The highest BCUT2D eigenvalue weighted by Gasteiger charge is 2.34. The van der Waals surface area contributed by atoms with Gasteiger partial charge in [0.2, 0.25) is 0 Å². The third-order valence-electron chi connectivity index (χ3n) is 5.69. The maximum atomic E-state index is 13.5. The number of carbonyl (C=O) groups is 1. The van der Waals surface area contributed by atoms with Gasteiger partial charge < -0.3 is 19.1 Å². The molecule has 0 saturated carbocycles. The Kier molecular flexibility index (Phi) is 5.94. The maximum Gasteiger partial charge on any atom is 0.258 e. The molecule has 31 heavy (non-hydrogen) atoms. The second kappa shape index (κ2) is 8.65. The molecular weight excluding hydrogens is 390 g/mol. The third-order valence-corrected chi connectivity index (χ3v) is 5.69. The van der Waals surface area contributed by atoms with Crippen molar-refractivity contribution in [1.82, 2.24) is 14.4 Å². The number of hydrogen-bond acceptors (Lipinski definition) is 5. The Morgan fingerprint density at radius 3 is 2.26 bits per heavy atom. The van der Waals surface area contributed by atoms with Gasteiger partial charge in [0, 0.05) is 36.0 Å². The maximum absolute atomic E-state index is 13.5. The van der Waals surface area contributed by atoms with E-state index in [1.165, 1.54) is 0 Å². The average Bonchev–Trinajstić information content (AvgIpc) is 3.04. The lowest BCUT2D eigenvalue weighted by molar-refractivity contribution is 0.104. The first-order valence-corrected chi connectivity index (χ1v) is 10.7. The van der Waals surface area contributed by atoms with Gasteiger partial charge in [-0.1, -0.05) is 30.3 Å². The number of benzene rings is 2. The molecule has 1 aromatic heterocycles. The number of nitrogens with zero attached hydrogens (tertiary/aromatic N) is 3. The predicted octanol–water partition coefficient (Wildman–Crippen LogP) is 3.11. The van der Waals surface area contributed by atoms with E-state index in [1.54, 1.807) is 10.6 Å². The Hall–Kier alpha value is -2.96. The highest BCUT2D eigenvalue weighted by molar-refractivity contribution is 6.27. The van der Waals surface area contributed by atoms with Crippen molar-refractivity contribution in [2.75, 3.05) is 47.9 Å². The zero-order chi connectivity index (χ0) is 22.1. The fourth-order valence-corrected chi connectivity index (χ4v) is 4.18. The fourth-order valence-electron chi connectivity index (χ4n) is 4.18. The lowest BCUT2D eigenvalue weighted by atomic mass is 10.0. The molecule has 0 N–H and O–H groups in total. The second-order valence-electron chi connectivity index (χ2n) is 8.54. The van der Waals surface area contributed by atoms with Crippen molar-refractivity contribution < 1.29 is 9.53 Å². The summed E-state index contributed by atoms with van der Waals surface area (Å²) in [7, 11) is 8.02. The largest absolute Gasteiger partial charge is 0.493 e. The summed E-state index contributed by atoms with van der Waals surface area (Å²) in [4.78, 5) is 31.1. The molecule has 0 saturated heterocycles. The summed E-state index contributed by atoms with van der Waals surface area (Å²) in [6.45, 7) is 2.66. The fraction of sp³-hybridized carbons (Fsp3) is 0.360. The van der Waals surface area contributed by atoms with Crippen molar-refractivity contribution in [3.05, 3.63) is 63.9 Å². The quantitative estimate of drug-likeness (QED) is 0.411. The molecule has 0 radical (unpaired) electrons. The highest BCUT2D eigenvalue weighted by atomic mass is 16.5. The molecule has 6 nitrogen and oxygen atoms in total. The third kappa shape index (κ3) is 3.89.